The summed E-state index contributed by atoms with van der Waals surface area (Å²) in [7, 11) is 0. The molecule has 0 saturated carbocycles. The van der Waals surface area contributed by atoms with Gasteiger partial charge in [-0.05, 0) is 31.9 Å². The number of anilines is 1. The Kier molecular flexibility index (Phi) is 3.70. The van der Waals surface area contributed by atoms with E-state index in [-0.39, 0.29) is 11.3 Å². The van der Waals surface area contributed by atoms with Gasteiger partial charge in [0.05, 0.1) is 5.92 Å². The molecule has 132 valence electrons. The van der Waals surface area contributed by atoms with Crippen molar-refractivity contribution in [2.45, 2.75) is 51.9 Å². The van der Waals surface area contributed by atoms with Crippen LogP contribution in [0, 0.1) is 6.92 Å². The molecule has 0 spiro atoms. The van der Waals surface area contributed by atoms with E-state index in [1.165, 1.54) is 0 Å². The highest BCUT2D eigenvalue weighted by Crippen LogP contribution is 2.29. The number of rotatable bonds is 2. The first-order chi connectivity index (χ1) is 11.9. The van der Waals surface area contributed by atoms with Crippen LogP contribution in [0.2, 0.25) is 0 Å². The highest BCUT2D eigenvalue weighted by atomic mass is 16.5. The number of piperidine rings is 1. The summed E-state index contributed by atoms with van der Waals surface area (Å²) in [5, 5.41) is 17.3. The summed E-state index contributed by atoms with van der Waals surface area (Å²) in [6.07, 6.45) is 2.13. The minimum absolute atomic E-state index is 0.114. The lowest BCUT2D eigenvalue weighted by Crippen LogP contribution is -2.35. The van der Waals surface area contributed by atoms with Crippen LogP contribution in [-0.4, -0.2) is 43.0 Å². The summed E-state index contributed by atoms with van der Waals surface area (Å²) in [6, 6.07) is 3.99. The van der Waals surface area contributed by atoms with Crippen LogP contribution < -0.4 is 4.90 Å². The number of aryl methyl sites for hydroxylation is 1. The average molecular weight is 341 g/mol. The maximum Gasteiger partial charge on any atom is 0.231 e. The zero-order valence-electron chi connectivity index (χ0n) is 15.1. The van der Waals surface area contributed by atoms with Gasteiger partial charge in [-0.3, -0.25) is 0 Å². The lowest BCUT2D eigenvalue weighted by molar-refractivity contribution is 0.331. The van der Waals surface area contributed by atoms with Crippen molar-refractivity contribution in [1.82, 2.24) is 30.0 Å². The van der Waals surface area contributed by atoms with Gasteiger partial charge in [0.15, 0.2) is 17.3 Å². The van der Waals surface area contributed by atoms with Gasteiger partial charge in [0.1, 0.15) is 5.82 Å². The maximum absolute atomic E-state index is 5.38. The van der Waals surface area contributed by atoms with E-state index in [4.69, 9.17) is 9.62 Å². The van der Waals surface area contributed by atoms with E-state index in [0.29, 0.717) is 5.82 Å². The SMILES string of the molecule is Cc1noc(C2CCCN(c3ccc4nnc(C(C)(C)C)n4n3)C2)n1. The predicted octanol–water partition coefficient (Wildman–Crippen LogP) is 2.50. The van der Waals surface area contributed by atoms with Crippen LogP contribution in [0.5, 0.6) is 0 Å². The Labute approximate surface area is 146 Å². The second-order valence-electron chi connectivity index (χ2n) is 7.70. The zero-order valence-corrected chi connectivity index (χ0v) is 15.1. The molecule has 3 aromatic heterocycles. The number of fused-ring (bicyclic) bond motifs is 1. The molecule has 1 aliphatic heterocycles. The molecule has 4 rings (SSSR count). The quantitative estimate of drug-likeness (QED) is 0.708. The van der Waals surface area contributed by atoms with Crippen molar-refractivity contribution in [2.75, 3.05) is 18.0 Å². The molecule has 1 atom stereocenters. The lowest BCUT2D eigenvalue weighted by Gasteiger charge is -2.31. The number of hydrogen-bond donors (Lipinski definition) is 0. The number of aromatic nitrogens is 6. The van der Waals surface area contributed by atoms with Crippen molar-refractivity contribution in [3.8, 4) is 0 Å². The van der Waals surface area contributed by atoms with Gasteiger partial charge in [-0.25, -0.2) is 0 Å². The first kappa shape index (κ1) is 16.0. The Balaban J connectivity index is 1.64. The van der Waals surface area contributed by atoms with E-state index in [1.807, 2.05) is 23.6 Å². The Bertz CT molecular complexity index is 892. The van der Waals surface area contributed by atoms with Gasteiger partial charge < -0.3 is 9.42 Å². The molecule has 8 nitrogen and oxygen atoms in total. The summed E-state index contributed by atoms with van der Waals surface area (Å²) < 4.78 is 7.23. The summed E-state index contributed by atoms with van der Waals surface area (Å²) in [6.45, 7) is 10.00. The summed E-state index contributed by atoms with van der Waals surface area (Å²) >= 11 is 0. The lowest BCUT2D eigenvalue weighted by atomic mass is 9.96. The molecule has 0 radical (unpaired) electrons. The van der Waals surface area contributed by atoms with Crippen LogP contribution in [0.3, 0.4) is 0 Å². The molecule has 0 aromatic carbocycles. The van der Waals surface area contributed by atoms with Gasteiger partial charge in [0.25, 0.3) is 0 Å². The monoisotopic (exact) mass is 341 g/mol. The Morgan fingerprint density at radius 3 is 2.76 bits per heavy atom. The first-order valence-electron chi connectivity index (χ1n) is 8.70. The second-order valence-corrected chi connectivity index (χ2v) is 7.70. The molecule has 0 bridgehead atoms. The van der Waals surface area contributed by atoms with Crippen molar-refractivity contribution in [2.24, 2.45) is 0 Å². The van der Waals surface area contributed by atoms with E-state index < -0.39 is 0 Å². The molecule has 1 aliphatic rings. The smallest absolute Gasteiger partial charge is 0.231 e. The minimum Gasteiger partial charge on any atom is -0.354 e. The van der Waals surface area contributed by atoms with Crippen LogP contribution in [0.1, 0.15) is 57.1 Å². The first-order valence-corrected chi connectivity index (χ1v) is 8.70. The third-order valence-electron chi connectivity index (χ3n) is 4.56. The fraction of sp³-hybridized carbons (Fsp3) is 0.588. The standard InChI is InChI=1S/C17H23N7O/c1-11-18-15(25-22-11)12-6-5-9-23(10-12)14-8-7-13-19-20-16(17(2,3)4)24(13)21-14/h7-8,12H,5-6,9-10H2,1-4H3. The van der Waals surface area contributed by atoms with Gasteiger partial charge in [-0.1, -0.05) is 25.9 Å². The predicted molar refractivity (Wildman–Crippen MR) is 92.7 cm³/mol. The number of hydrogen-bond acceptors (Lipinski definition) is 7. The van der Waals surface area contributed by atoms with Crippen molar-refractivity contribution in [3.63, 3.8) is 0 Å². The molecule has 0 N–H and O–H groups in total. The van der Waals surface area contributed by atoms with E-state index in [2.05, 4.69) is 46.0 Å². The summed E-state index contributed by atoms with van der Waals surface area (Å²) in [5.74, 6) is 3.45. The van der Waals surface area contributed by atoms with Gasteiger partial charge in [-0.2, -0.15) is 9.50 Å². The molecule has 0 aliphatic carbocycles. The minimum atomic E-state index is -0.114. The molecule has 3 aromatic rings. The largest absolute Gasteiger partial charge is 0.354 e. The molecule has 0 amide bonds. The van der Waals surface area contributed by atoms with E-state index in [1.54, 1.807) is 0 Å². The van der Waals surface area contributed by atoms with Crippen molar-refractivity contribution < 1.29 is 4.52 Å². The van der Waals surface area contributed by atoms with Crippen LogP contribution in [0.25, 0.3) is 5.65 Å². The van der Waals surface area contributed by atoms with Crippen LogP contribution >= 0.6 is 0 Å². The van der Waals surface area contributed by atoms with Gasteiger partial charge in [0.2, 0.25) is 5.89 Å². The molecular formula is C17H23N7O. The van der Waals surface area contributed by atoms with Crippen LogP contribution in [-0.2, 0) is 5.41 Å². The summed E-state index contributed by atoms with van der Waals surface area (Å²) in [5.41, 5.74) is 0.659. The van der Waals surface area contributed by atoms with E-state index >= 15 is 0 Å². The number of nitrogens with zero attached hydrogens (tertiary/aromatic N) is 7. The highest BCUT2D eigenvalue weighted by molar-refractivity contribution is 5.46. The average Bonchev–Trinajstić information content (AvgIpc) is 3.20. The van der Waals surface area contributed by atoms with Crippen molar-refractivity contribution in [1.29, 1.82) is 0 Å². The zero-order chi connectivity index (χ0) is 17.6. The highest BCUT2D eigenvalue weighted by Gasteiger charge is 2.27. The molecule has 1 unspecified atom stereocenters. The second kappa shape index (κ2) is 5.79. The van der Waals surface area contributed by atoms with Gasteiger partial charge in [0, 0.05) is 18.5 Å². The van der Waals surface area contributed by atoms with Crippen molar-refractivity contribution >= 4 is 11.5 Å². The van der Waals surface area contributed by atoms with Gasteiger partial charge in [-0.15, -0.1) is 15.3 Å². The third kappa shape index (κ3) is 2.96. The molecule has 1 saturated heterocycles. The fourth-order valence-corrected chi connectivity index (χ4v) is 3.28. The van der Waals surface area contributed by atoms with Crippen LogP contribution in [0.15, 0.2) is 16.7 Å². The van der Waals surface area contributed by atoms with E-state index in [9.17, 15) is 0 Å². The Morgan fingerprint density at radius 2 is 2.04 bits per heavy atom. The molecule has 25 heavy (non-hydrogen) atoms. The third-order valence-corrected chi connectivity index (χ3v) is 4.56. The molecule has 8 heteroatoms. The van der Waals surface area contributed by atoms with Crippen LogP contribution in [0.4, 0.5) is 5.82 Å². The fourth-order valence-electron chi connectivity index (χ4n) is 3.28. The molecular weight excluding hydrogens is 318 g/mol. The Hall–Kier alpha value is -2.51. The van der Waals surface area contributed by atoms with Crippen molar-refractivity contribution in [3.05, 3.63) is 29.7 Å². The molecule has 4 heterocycles. The normalized spacial score (nSPS) is 18.9. The van der Waals surface area contributed by atoms with E-state index in [0.717, 1.165) is 49.1 Å². The maximum atomic E-state index is 5.38. The Morgan fingerprint density at radius 1 is 1.20 bits per heavy atom. The van der Waals surface area contributed by atoms with Gasteiger partial charge >= 0.3 is 0 Å². The topological polar surface area (TPSA) is 85.2 Å². The summed E-state index contributed by atoms with van der Waals surface area (Å²) in [4.78, 5) is 6.68. The molecule has 1 fully saturated rings.